The number of nitrogens with one attached hydrogen (secondary N) is 1. The highest BCUT2D eigenvalue weighted by molar-refractivity contribution is 5.94. The first-order valence-electron chi connectivity index (χ1n) is 10.1. The van der Waals surface area contributed by atoms with Crippen LogP contribution in [0.5, 0.6) is 11.5 Å². The number of benzene rings is 2. The second-order valence-electron chi connectivity index (χ2n) is 7.04. The van der Waals surface area contributed by atoms with E-state index in [1.807, 2.05) is 0 Å². The highest BCUT2D eigenvalue weighted by Gasteiger charge is 2.23. The van der Waals surface area contributed by atoms with Gasteiger partial charge in [-0.3, -0.25) is 9.69 Å². The summed E-state index contributed by atoms with van der Waals surface area (Å²) < 4.78 is 16.1. The minimum absolute atomic E-state index is 0.105. The highest BCUT2D eigenvalue weighted by Crippen LogP contribution is 2.28. The van der Waals surface area contributed by atoms with E-state index in [2.05, 4.69) is 41.4 Å². The second-order valence-corrected chi connectivity index (χ2v) is 7.04. The molecule has 29 heavy (non-hydrogen) atoms. The van der Waals surface area contributed by atoms with Crippen LogP contribution in [0.25, 0.3) is 0 Å². The summed E-state index contributed by atoms with van der Waals surface area (Å²) >= 11 is 0. The number of morpholine rings is 1. The molecule has 1 atom stereocenters. The predicted molar refractivity (Wildman–Crippen MR) is 113 cm³/mol. The van der Waals surface area contributed by atoms with E-state index < -0.39 is 0 Å². The van der Waals surface area contributed by atoms with Crippen LogP contribution >= 0.6 is 0 Å². The van der Waals surface area contributed by atoms with Crippen molar-refractivity contribution in [3.8, 4) is 11.5 Å². The van der Waals surface area contributed by atoms with Gasteiger partial charge in [0, 0.05) is 25.2 Å². The van der Waals surface area contributed by atoms with E-state index in [1.165, 1.54) is 11.1 Å². The summed E-state index contributed by atoms with van der Waals surface area (Å²) in [5.74, 6) is 1.01. The number of hydrogen-bond acceptors (Lipinski definition) is 5. The topological polar surface area (TPSA) is 60.0 Å². The lowest BCUT2D eigenvalue weighted by Gasteiger charge is -2.35. The van der Waals surface area contributed by atoms with E-state index in [0.717, 1.165) is 19.5 Å². The molecule has 1 fully saturated rings. The van der Waals surface area contributed by atoms with Crippen molar-refractivity contribution in [3.63, 3.8) is 0 Å². The van der Waals surface area contributed by atoms with E-state index in [4.69, 9.17) is 14.2 Å². The Balaban J connectivity index is 1.74. The van der Waals surface area contributed by atoms with Crippen LogP contribution in [0.15, 0.2) is 42.5 Å². The lowest BCUT2D eigenvalue weighted by atomic mass is 10.0. The molecular weight excluding hydrogens is 368 g/mol. The number of amides is 1. The fourth-order valence-corrected chi connectivity index (χ4v) is 3.59. The van der Waals surface area contributed by atoms with Gasteiger partial charge in [-0.15, -0.1) is 0 Å². The van der Waals surface area contributed by atoms with Crippen molar-refractivity contribution in [1.82, 2.24) is 10.2 Å². The van der Waals surface area contributed by atoms with Gasteiger partial charge in [-0.2, -0.15) is 0 Å². The standard InChI is InChI=1S/C23H30N2O4/c1-4-17-5-7-18(8-6-17)20(25-11-13-29-14-12-25)16-24-23(26)19-9-10-21(27-2)22(15-19)28-3/h5-10,15,20H,4,11-14,16H2,1-3H3,(H,24,26). The van der Waals surface area contributed by atoms with Gasteiger partial charge in [-0.1, -0.05) is 31.2 Å². The molecule has 2 aromatic rings. The van der Waals surface area contributed by atoms with Crippen LogP contribution in [0.3, 0.4) is 0 Å². The number of carbonyl (C=O) groups excluding carboxylic acids is 1. The molecule has 3 rings (SSSR count). The number of rotatable bonds is 8. The highest BCUT2D eigenvalue weighted by atomic mass is 16.5. The Morgan fingerprint density at radius 3 is 2.38 bits per heavy atom. The van der Waals surface area contributed by atoms with Crippen LogP contribution in [0.1, 0.15) is 34.5 Å². The largest absolute Gasteiger partial charge is 0.493 e. The zero-order chi connectivity index (χ0) is 20.6. The predicted octanol–water partition coefficient (Wildman–Crippen LogP) is 3.07. The molecule has 0 aliphatic carbocycles. The van der Waals surface area contributed by atoms with Crippen molar-refractivity contribution in [2.24, 2.45) is 0 Å². The molecule has 0 aromatic heterocycles. The molecule has 0 spiro atoms. The molecule has 0 bridgehead atoms. The maximum atomic E-state index is 12.8. The SMILES string of the molecule is CCc1ccc(C(CNC(=O)c2ccc(OC)c(OC)c2)N2CCOCC2)cc1. The van der Waals surface area contributed by atoms with E-state index in [1.54, 1.807) is 32.4 Å². The molecule has 1 aliphatic heterocycles. The minimum atomic E-state index is -0.130. The molecule has 6 heteroatoms. The van der Waals surface area contributed by atoms with Gasteiger partial charge in [-0.05, 0) is 35.7 Å². The number of nitrogens with zero attached hydrogens (tertiary/aromatic N) is 1. The smallest absolute Gasteiger partial charge is 0.251 e. The molecule has 1 heterocycles. The Bertz CT molecular complexity index is 801. The summed E-state index contributed by atoms with van der Waals surface area (Å²) in [6.45, 7) is 5.82. The number of aryl methyl sites for hydroxylation is 1. The number of methoxy groups -OCH3 is 2. The van der Waals surface area contributed by atoms with Gasteiger partial charge in [0.05, 0.1) is 33.5 Å². The summed E-state index contributed by atoms with van der Waals surface area (Å²) in [4.78, 5) is 15.2. The summed E-state index contributed by atoms with van der Waals surface area (Å²) in [7, 11) is 3.14. The average Bonchev–Trinajstić information content (AvgIpc) is 2.79. The summed E-state index contributed by atoms with van der Waals surface area (Å²) in [6, 6.07) is 14.0. The third-order valence-electron chi connectivity index (χ3n) is 5.36. The Morgan fingerprint density at radius 1 is 1.07 bits per heavy atom. The minimum Gasteiger partial charge on any atom is -0.493 e. The Kier molecular flexibility index (Phi) is 7.49. The van der Waals surface area contributed by atoms with Crippen LogP contribution in [0.2, 0.25) is 0 Å². The van der Waals surface area contributed by atoms with Gasteiger partial charge in [0.2, 0.25) is 0 Å². The quantitative estimate of drug-likeness (QED) is 0.741. The number of ether oxygens (including phenoxy) is 3. The molecule has 6 nitrogen and oxygen atoms in total. The molecule has 0 saturated carbocycles. The molecular formula is C23H30N2O4. The van der Waals surface area contributed by atoms with Crippen molar-refractivity contribution in [2.75, 3.05) is 47.1 Å². The monoisotopic (exact) mass is 398 g/mol. The van der Waals surface area contributed by atoms with Gasteiger partial charge in [0.25, 0.3) is 5.91 Å². The molecule has 2 aromatic carbocycles. The van der Waals surface area contributed by atoms with Crippen molar-refractivity contribution < 1.29 is 19.0 Å². The zero-order valence-corrected chi connectivity index (χ0v) is 17.4. The first kappa shape index (κ1) is 21.1. The van der Waals surface area contributed by atoms with E-state index in [9.17, 15) is 4.79 Å². The lowest BCUT2D eigenvalue weighted by molar-refractivity contribution is 0.0162. The van der Waals surface area contributed by atoms with Crippen LogP contribution < -0.4 is 14.8 Å². The molecule has 0 radical (unpaired) electrons. The summed E-state index contributed by atoms with van der Waals surface area (Å²) in [6.07, 6.45) is 1.01. The van der Waals surface area contributed by atoms with Gasteiger partial charge in [-0.25, -0.2) is 0 Å². The Morgan fingerprint density at radius 2 is 1.76 bits per heavy atom. The van der Waals surface area contributed by atoms with Crippen LogP contribution in [0.4, 0.5) is 0 Å². The molecule has 1 unspecified atom stereocenters. The molecule has 1 saturated heterocycles. The Hall–Kier alpha value is -2.57. The first-order chi connectivity index (χ1) is 14.2. The summed E-state index contributed by atoms with van der Waals surface area (Å²) in [5.41, 5.74) is 3.06. The maximum absolute atomic E-state index is 12.8. The van der Waals surface area contributed by atoms with Crippen LogP contribution in [-0.4, -0.2) is 57.9 Å². The molecule has 156 valence electrons. The number of hydrogen-bond donors (Lipinski definition) is 1. The molecule has 1 amide bonds. The van der Waals surface area contributed by atoms with Crippen LogP contribution in [-0.2, 0) is 11.2 Å². The lowest BCUT2D eigenvalue weighted by Crippen LogP contribution is -2.43. The normalized spacial score (nSPS) is 15.6. The average molecular weight is 399 g/mol. The van der Waals surface area contributed by atoms with Crippen molar-refractivity contribution in [3.05, 3.63) is 59.2 Å². The van der Waals surface area contributed by atoms with Gasteiger partial charge in [0.1, 0.15) is 0 Å². The van der Waals surface area contributed by atoms with Crippen molar-refractivity contribution in [2.45, 2.75) is 19.4 Å². The summed E-state index contributed by atoms with van der Waals surface area (Å²) in [5, 5.41) is 3.09. The third kappa shape index (κ3) is 5.28. The maximum Gasteiger partial charge on any atom is 0.251 e. The molecule has 1 aliphatic rings. The first-order valence-corrected chi connectivity index (χ1v) is 10.1. The van der Waals surface area contributed by atoms with E-state index in [0.29, 0.717) is 36.8 Å². The molecule has 1 N–H and O–H groups in total. The second kappa shape index (κ2) is 10.3. The van der Waals surface area contributed by atoms with Crippen molar-refractivity contribution in [1.29, 1.82) is 0 Å². The van der Waals surface area contributed by atoms with Gasteiger partial charge < -0.3 is 19.5 Å². The van der Waals surface area contributed by atoms with E-state index in [-0.39, 0.29) is 11.9 Å². The fourth-order valence-electron chi connectivity index (χ4n) is 3.59. The van der Waals surface area contributed by atoms with Crippen molar-refractivity contribution >= 4 is 5.91 Å². The fraction of sp³-hybridized carbons (Fsp3) is 0.435. The van der Waals surface area contributed by atoms with Crippen LogP contribution in [0, 0.1) is 0 Å². The third-order valence-corrected chi connectivity index (χ3v) is 5.36. The number of carbonyl (C=O) groups is 1. The van der Waals surface area contributed by atoms with Gasteiger partial charge >= 0.3 is 0 Å². The van der Waals surface area contributed by atoms with E-state index >= 15 is 0 Å². The zero-order valence-electron chi connectivity index (χ0n) is 17.4. The Labute approximate surface area is 172 Å². The van der Waals surface area contributed by atoms with Gasteiger partial charge in [0.15, 0.2) is 11.5 Å².